The van der Waals surface area contributed by atoms with Crippen LogP contribution in [-0.4, -0.2) is 43.3 Å². The lowest BCUT2D eigenvalue weighted by Gasteiger charge is -2.33. The van der Waals surface area contributed by atoms with Gasteiger partial charge in [-0.05, 0) is 34.2 Å². The smallest absolute Gasteiger partial charge is 0.332 e. The van der Waals surface area contributed by atoms with Gasteiger partial charge in [0.1, 0.15) is 5.82 Å². The Hall–Kier alpha value is -3.56. The van der Waals surface area contributed by atoms with Crippen LogP contribution in [0.5, 0.6) is 0 Å². The molecule has 4 rings (SSSR count). The van der Waals surface area contributed by atoms with E-state index in [1.165, 1.54) is 7.11 Å². The van der Waals surface area contributed by atoms with Gasteiger partial charge in [0.05, 0.1) is 12.8 Å². The molecule has 0 amide bonds. The van der Waals surface area contributed by atoms with E-state index in [1.54, 1.807) is 0 Å². The van der Waals surface area contributed by atoms with Crippen LogP contribution in [0.1, 0.15) is 57.1 Å². The third kappa shape index (κ3) is 5.21. The number of imidazole rings is 1. The molecule has 0 saturated carbocycles. The number of nitrogens with zero attached hydrogens (tertiary/aromatic N) is 5. The van der Waals surface area contributed by atoms with E-state index in [4.69, 9.17) is 22.1 Å². The van der Waals surface area contributed by atoms with Crippen molar-refractivity contribution in [2.45, 2.75) is 58.5 Å². The summed E-state index contributed by atoms with van der Waals surface area (Å²) < 4.78 is 7.17. The number of carbonyl (C=O) groups is 1. The van der Waals surface area contributed by atoms with Gasteiger partial charge in [-0.15, -0.1) is 10.2 Å². The van der Waals surface area contributed by atoms with Crippen LogP contribution in [0.15, 0.2) is 48.5 Å². The van der Waals surface area contributed by atoms with Gasteiger partial charge >= 0.3 is 5.97 Å². The van der Waals surface area contributed by atoms with Crippen molar-refractivity contribution in [2.24, 2.45) is 11.7 Å². The van der Waals surface area contributed by atoms with Crippen molar-refractivity contribution in [3.05, 3.63) is 70.8 Å². The average Bonchev–Trinajstić information content (AvgIpc) is 3.59. The molecule has 2 aromatic carbocycles. The zero-order valence-electron chi connectivity index (χ0n) is 22.2. The number of rotatable bonds is 11. The number of tetrazole rings is 1. The lowest BCUT2D eigenvalue weighted by atomic mass is 9.81. The topological polar surface area (TPSA) is 125 Å². The number of halogens is 1. The molecule has 2 heterocycles. The van der Waals surface area contributed by atoms with E-state index >= 15 is 0 Å². The molecule has 0 radical (unpaired) electrons. The largest absolute Gasteiger partial charge is 0.467 e. The highest BCUT2D eigenvalue weighted by Gasteiger charge is 2.47. The number of hydrogen-bond acceptors (Lipinski definition) is 7. The highest BCUT2D eigenvalue weighted by Crippen LogP contribution is 2.37. The first-order valence-corrected chi connectivity index (χ1v) is 13.3. The standard InChI is InChI=1S/C28H34ClN7O2/c1-5-7-12-23-31-25(29)24(28(30,18(3)6-2)27(37)38-4)36(23)17-19-13-15-20(16-14-19)21-10-8-9-11-22(21)26-32-34-35-33-26/h8-11,13-16,18H,5-7,12,17,30H2,1-4H3,(H,32,33,34,35)/t18-,28-/m1/s1. The molecule has 4 aromatic rings. The summed E-state index contributed by atoms with van der Waals surface area (Å²) in [6, 6.07) is 16.2. The second-order valence-corrected chi connectivity index (χ2v) is 9.86. The summed E-state index contributed by atoms with van der Waals surface area (Å²) in [5.41, 5.74) is 9.85. The number of ether oxygens (including phenoxy) is 1. The average molecular weight is 536 g/mol. The number of hydrogen-bond donors (Lipinski definition) is 2. The van der Waals surface area contributed by atoms with Gasteiger partial charge in [-0.3, -0.25) is 0 Å². The van der Waals surface area contributed by atoms with Crippen LogP contribution in [0.2, 0.25) is 5.15 Å². The van der Waals surface area contributed by atoms with Crippen molar-refractivity contribution in [2.75, 3.05) is 7.11 Å². The molecular formula is C28H34ClN7O2. The second kappa shape index (κ2) is 11.9. The Morgan fingerprint density at radius 2 is 1.87 bits per heavy atom. The van der Waals surface area contributed by atoms with Crippen LogP contribution >= 0.6 is 11.6 Å². The molecule has 2 aromatic heterocycles. The minimum absolute atomic E-state index is 0.217. The summed E-state index contributed by atoms with van der Waals surface area (Å²) in [5.74, 6) is 0.604. The van der Waals surface area contributed by atoms with Gasteiger partial charge in [-0.2, -0.15) is 5.21 Å². The normalized spacial score (nSPS) is 13.7. The van der Waals surface area contributed by atoms with Gasteiger partial charge in [0, 0.05) is 18.5 Å². The molecule has 0 aliphatic heterocycles. The van der Waals surface area contributed by atoms with Gasteiger partial charge < -0.3 is 15.0 Å². The van der Waals surface area contributed by atoms with E-state index in [2.05, 4.69) is 56.8 Å². The number of aromatic nitrogens is 6. The Bertz CT molecular complexity index is 1370. The summed E-state index contributed by atoms with van der Waals surface area (Å²) in [7, 11) is 1.35. The van der Waals surface area contributed by atoms with Crippen molar-refractivity contribution < 1.29 is 9.53 Å². The molecule has 2 atom stereocenters. The van der Waals surface area contributed by atoms with E-state index in [1.807, 2.05) is 42.7 Å². The molecule has 0 aliphatic carbocycles. The van der Waals surface area contributed by atoms with Gasteiger partial charge in [0.2, 0.25) is 5.82 Å². The SMILES string of the molecule is CCCCc1nc(Cl)c([C@@](N)(C(=O)OC)[C@H](C)CC)n1Cc1ccc(-c2ccccc2-c2nn[nH]n2)cc1. The monoisotopic (exact) mass is 535 g/mol. The summed E-state index contributed by atoms with van der Waals surface area (Å²) in [6.45, 7) is 6.52. The Morgan fingerprint density at radius 1 is 1.16 bits per heavy atom. The Balaban J connectivity index is 1.75. The summed E-state index contributed by atoms with van der Waals surface area (Å²) >= 11 is 6.71. The molecule has 0 aliphatic rings. The summed E-state index contributed by atoms with van der Waals surface area (Å²) in [5, 5.41) is 14.7. The lowest BCUT2D eigenvalue weighted by molar-refractivity contribution is -0.150. The quantitative estimate of drug-likeness (QED) is 0.254. The molecule has 3 N–H and O–H groups in total. The number of methoxy groups -OCH3 is 1. The van der Waals surface area contributed by atoms with E-state index in [9.17, 15) is 4.79 Å². The number of aromatic amines is 1. The minimum atomic E-state index is -1.43. The Morgan fingerprint density at radius 3 is 2.47 bits per heavy atom. The second-order valence-electron chi connectivity index (χ2n) is 9.50. The van der Waals surface area contributed by atoms with Gasteiger partial charge in [0.25, 0.3) is 0 Å². The number of aryl methyl sites for hydroxylation is 1. The van der Waals surface area contributed by atoms with E-state index in [0.29, 0.717) is 24.5 Å². The lowest BCUT2D eigenvalue weighted by Crippen LogP contribution is -2.52. The first-order valence-electron chi connectivity index (χ1n) is 12.9. The number of H-pyrrole nitrogens is 1. The van der Waals surface area contributed by atoms with Crippen LogP contribution in [0.25, 0.3) is 22.5 Å². The van der Waals surface area contributed by atoms with Crippen LogP contribution in [-0.2, 0) is 28.0 Å². The van der Waals surface area contributed by atoms with Crippen LogP contribution < -0.4 is 5.73 Å². The molecule has 0 fully saturated rings. The van der Waals surface area contributed by atoms with Crippen LogP contribution in [0.4, 0.5) is 0 Å². The van der Waals surface area contributed by atoms with Crippen molar-refractivity contribution in [1.29, 1.82) is 0 Å². The number of nitrogens with two attached hydrogens (primary N) is 1. The number of benzene rings is 2. The molecule has 0 bridgehead atoms. The first kappa shape index (κ1) is 27.5. The van der Waals surface area contributed by atoms with Crippen molar-refractivity contribution in [3.8, 4) is 22.5 Å². The first-order chi connectivity index (χ1) is 18.3. The van der Waals surface area contributed by atoms with Crippen LogP contribution in [0, 0.1) is 5.92 Å². The fourth-order valence-corrected chi connectivity index (χ4v) is 5.11. The third-order valence-corrected chi connectivity index (χ3v) is 7.45. The molecule has 0 spiro atoms. The number of nitrogens with one attached hydrogen (secondary N) is 1. The molecule has 38 heavy (non-hydrogen) atoms. The number of esters is 1. The molecular weight excluding hydrogens is 502 g/mol. The van der Waals surface area contributed by atoms with E-state index in [0.717, 1.165) is 47.3 Å². The molecule has 9 nitrogen and oxygen atoms in total. The predicted molar refractivity (Wildman–Crippen MR) is 147 cm³/mol. The Labute approximate surface area is 227 Å². The zero-order valence-corrected chi connectivity index (χ0v) is 23.0. The fourth-order valence-electron chi connectivity index (χ4n) is 4.76. The maximum Gasteiger partial charge on any atom is 0.332 e. The maximum absolute atomic E-state index is 13.1. The highest BCUT2D eigenvalue weighted by molar-refractivity contribution is 6.30. The van der Waals surface area contributed by atoms with Crippen molar-refractivity contribution in [1.82, 2.24) is 30.2 Å². The minimum Gasteiger partial charge on any atom is -0.467 e. The number of carbonyl (C=O) groups excluding carboxylic acids is 1. The fraction of sp³-hybridized carbons (Fsp3) is 0.393. The predicted octanol–water partition coefficient (Wildman–Crippen LogP) is 5.15. The molecule has 200 valence electrons. The summed E-state index contributed by atoms with van der Waals surface area (Å²) in [6.07, 6.45) is 3.35. The highest BCUT2D eigenvalue weighted by atomic mass is 35.5. The molecule has 10 heteroatoms. The van der Waals surface area contributed by atoms with Gasteiger partial charge in [-0.25, -0.2) is 9.78 Å². The van der Waals surface area contributed by atoms with Gasteiger partial charge in [-0.1, -0.05) is 93.7 Å². The van der Waals surface area contributed by atoms with Crippen molar-refractivity contribution >= 4 is 17.6 Å². The van der Waals surface area contributed by atoms with Crippen molar-refractivity contribution in [3.63, 3.8) is 0 Å². The van der Waals surface area contributed by atoms with E-state index < -0.39 is 11.5 Å². The molecule has 0 unspecified atom stereocenters. The Kier molecular flexibility index (Phi) is 8.58. The number of unbranched alkanes of at least 4 members (excludes halogenated alkanes) is 1. The zero-order chi connectivity index (χ0) is 27.3. The molecule has 0 saturated heterocycles. The summed E-state index contributed by atoms with van der Waals surface area (Å²) in [4.78, 5) is 17.7. The van der Waals surface area contributed by atoms with Crippen LogP contribution in [0.3, 0.4) is 0 Å². The van der Waals surface area contributed by atoms with Gasteiger partial charge in [0.15, 0.2) is 10.7 Å². The van der Waals surface area contributed by atoms with E-state index in [-0.39, 0.29) is 11.1 Å². The maximum atomic E-state index is 13.1. The third-order valence-electron chi connectivity index (χ3n) is 7.18.